The van der Waals surface area contributed by atoms with Crippen LogP contribution in [0.5, 0.6) is 11.5 Å². The van der Waals surface area contributed by atoms with Crippen LogP contribution in [-0.2, 0) is 28.5 Å². The molecule has 0 spiro atoms. The Labute approximate surface area is 244 Å². The number of esters is 2. The van der Waals surface area contributed by atoms with E-state index < -0.39 is 42.2 Å². The number of carbonyl (C=O) groups excluding carboxylic acids is 4. The molecule has 2 rings (SSSR count). The third-order valence-corrected chi connectivity index (χ3v) is 5.04. The molecule has 2 atom stereocenters. The summed E-state index contributed by atoms with van der Waals surface area (Å²) in [4.78, 5) is 48.6. The van der Waals surface area contributed by atoms with Crippen LogP contribution in [0.25, 0.3) is 0 Å². The molecule has 0 aliphatic carbocycles. The third-order valence-electron chi connectivity index (χ3n) is 5.04. The fraction of sp³-hybridized carbons (Fsp3) is 0.333. The highest BCUT2D eigenvalue weighted by molar-refractivity contribution is 5.86. The zero-order chi connectivity index (χ0) is 31.0. The molecule has 0 saturated carbocycles. The number of alkyl carbamates (subject to hydrolysis) is 2. The van der Waals surface area contributed by atoms with E-state index in [0.29, 0.717) is 11.5 Å². The number of ether oxygens (including phenoxy) is 6. The van der Waals surface area contributed by atoms with Gasteiger partial charge in [-0.15, -0.1) is 0 Å². The van der Waals surface area contributed by atoms with E-state index in [1.807, 2.05) is 6.07 Å². The molecular formula is C30H36N2O10. The predicted molar refractivity (Wildman–Crippen MR) is 151 cm³/mol. The van der Waals surface area contributed by atoms with Crippen LogP contribution in [0.2, 0.25) is 0 Å². The summed E-state index contributed by atoms with van der Waals surface area (Å²) in [5, 5.41) is 5.01. The fourth-order valence-corrected chi connectivity index (χ4v) is 3.09. The first-order valence-corrected chi connectivity index (χ1v) is 13.0. The van der Waals surface area contributed by atoms with Crippen LogP contribution in [-0.4, -0.2) is 62.0 Å². The number of benzene rings is 2. The summed E-state index contributed by atoms with van der Waals surface area (Å²) in [6.45, 7) is 10.8. The molecule has 0 aliphatic heterocycles. The first kappa shape index (κ1) is 33.2. The number of amides is 2. The topological polar surface area (TPSA) is 148 Å². The number of para-hydroxylation sites is 2. The predicted octanol–water partition coefficient (Wildman–Crippen LogP) is 4.27. The zero-order valence-electron chi connectivity index (χ0n) is 23.8. The minimum atomic E-state index is -1.36. The Hall–Kier alpha value is -5.00. The number of hydrogen-bond donors (Lipinski definition) is 2. The summed E-state index contributed by atoms with van der Waals surface area (Å²) >= 11 is 0. The van der Waals surface area contributed by atoms with Gasteiger partial charge in [0.15, 0.2) is 6.10 Å². The van der Waals surface area contributed by atoms with Gasteiger partial charge in [0.25, 0.3) is 0 Å². The molecule has 0 bridgehead atoms. The lowest BCUT2D eigenvalue weighted by atomic mass is 10.2. The average Bonchev–Trinajstić information content (AvgIpc) is 2.94. The Morgan fingerprint density at radius 1 is 0.857 bits per heavy atom. The highest BCUT2D eigenvalue weighted by atomic mass is 16.7. The number of rotatable bonds is 16. The highest BCUT2D eigenvalue weighted by Crippen LogP contribution is 2.15. The van der Waals surface area contributed by atoms with Gasteiger partial charge in [-0.25, -0.2) is 19.2 Å². The normalized spacial score (nSPS) is 12.0. The molecule has 12 heteroatoms. The molecular weight excluding hydrogens is 548 g/mol. The number of carbonyl (C=O) groups is 4. The molecule has 42 heavy (non-hydrogen) atoms. The van der Waals surface area contributed by atoms with E-state index in [0.717, 1.165) is 6.08 Å². The maximum Gasteiger partial charge on any atom is 0.412 e. The van der Waals surface area contributed by atoms with Crippen molar-refractivity contribution in [3.63, 3.8) is 0 Å². The van der Waals surface area contributed by atoms with Crippen LogP contribution in [0.4, 0.5) is 9.59 Å². The number of hydrogen-bond acceptors (Lipinski definition) is 10. The Morgan fingerprint density at radius 2 is 1.43 bits per heavy atom. The van der Waals surface area contributed by atoms with Crippen LogP contribution in [0.15, 0.2) is 85.5 Å². The molecule has 2 aromatic rings. The molecule has 2 N–H and O–H groups in total. The van der Waals surface area contributed by atoms with Gasteiger partial charge in [-0.2, -0.15) is 0 Å². The van der Waals surface area contributed by atoms with Gasteiger partial charge in [0.2, 0.25) is 6.29 Å². The smallest absolute Gasteiger partial charge is 0.412 e. The lowest BCUT2D eigenvalue weighted by Crippen LogP contribution is -2.57. The minimum Gasteiger partial charge on any atom is -0.490 e. The van der Waals surface area contributed by atoms with Gasteiger partial charge < -0.3 is 28.4 Å². The van der Waals surface area contributed by atoms with Crippen LogP contribution in [0.3, 0.4) is 0 Å². The molecule has 226 valence electrons. The molecule has 2 unspecified atom stereocenters. The molecule has 0 aliphatic rings. The first-order chi connectivity index (χ1) is 20.0. The van der Waals surface area contributed by atoms with E-state index in [1.165, 1.54) is 20.8 Å². The average molecular weight is 585 g/mol. The SMILES string of the molecule is C=CC(=O)OCC(COc1ccccc1)OC(=O)NC(C)(C)NC(=O)OC(CCOC(=O)C(=C)C)Oc1ccccc1. The van der Waals surface area contributed by atoms with Crippen molar-refractivity contribution >= 4 is 24.1 Å². The number of nitrogens with one attached hydrogen (secondary N) is 2. The van der Waals surface area contributed by atoms with Crippen LogP contribution < -0.4 is 20.1 Å². The molecule has 0 aromatic heterocycles. The van der Waals surface area contributed by atoms with Crippen molar-refractivity contribution in [2.75, 3.05) is 19.8 Å². The van der Waals surface area contributed by atoms with Gasteiger partial charge >= 0.3 is 24.1 Å². The van der Waals surface area contributed by atoms with E-state index >= 15 is 0 Å². The largest absolute Gasteiger partial charge is 0.490 e. The Kier molecular flexibility index (Phi) is 13.4. The second kappa shape index (κ2) is 17.0. The monoisotopic (exact) mass is 584 g/mol. The van der Waals surface area contributed by atoms with Gasteiger partial charge in [0.05, 0.1) is 13.0 Å². The Balaban J connectivity index is 1.96. The van der Waals surface area contributed by atoms with Crippen molar-refractivity contribution in [2.45, 2.75) is 45.2 Å². The van der Waals surface area contributed by atoms with E-state index in [-0.39, 0.29) is 31.8 Å². The van der Waals surface area contributed by atoms with Crippen molar-refractivity contribution in [3.8, 4) is 11.5 Å². The maximum absolute atomic E-state index is 12.7. The lowest BCUT2D eigenvalue weighted by molar-refractivity contribution is -0.142. The van der Waals surface area contributed by atoms with Crippen molar-refractivity contribution < 1.29 is 47.6 Å². The molecule has 2 amide bonds. The minimum absolute atomic E-state index is 0.0176. The molecule has 0 fully saturated rings. The molecule has 0 radical (unpaired) electrons. The summed E-state index contributed by atoms with van der Waals surface area (Å²) in [6, 6.07) is 17.4. The van der Waals surface area contributed by atoms with Gasteiger partial charge in [-0.05, 0) is 45.0 Å². The molecule has 0 heterocycles. The summed E-state index contributed by atoms with van der Waals surface area (Å²) in [5.74, 6) is -0.347. The summed E-state index contributed by atoms with van der Waals surface area (Å²) in [6.07, 6.45) is -2.98. The lowest BCUT2D eigenvalue weighted by Gasteiger charge is -2.29. The van der Waals surface area contributed by atoms with Crippen molar-refractivity contribution in [1.82, 2.24) is 10.6 Å². The maximum atomic E-state index is 12.7. The van der Waals surface area contributed by atoms with Crippen molar-refractivity contribution in [1.29, 1.82) is 0 Å². The molecule has 0 saturated heterocycles. The second-order valence-electron chi connectivity index (χ2n) is 9.33. The van der Waals surface area contributed by atoms with E-state index in [1.54, 1.807) is 54.6 Å². The fourth-order valence-electron chi connectivity index (χ4n) is 3.09. The summed E-state index contributed by atoms with van der Waals surface area (Å²) < 4.78 is 32.2. The van der Waals surface area contributed by atoms with Crippen LogP contribution in [0, 0.1) is 0 Å². The quantitative estimate of drug-likeness (QED) is 0.127. The van der Waals surface area contributed by atoms with Gasteiger partial charge in [-0.1, -0.05) is 49.6 Å². The van der Waals surface area contributed by atoms with E-state index in [4.69, 9.17) is 28.4 Å². The molecule has 12 nitrogen and oxygen atoms in total. The van der Waals surface area contributed by atoms with Crippen LogP contribution >= 0.6 is 0 Å². The van der Waals surface area contributed by atoms with Crippen molar-refractivity contribution in [3.05, 3.63) is 85.5 Å². The van der Waals surface area contributed by atoms with Crippen LogP contribution in [0.1, 0.15) is 27.2 Å². The Morgan fingerprint density at radius 3 is 2.00 bits per heavy atom. The summed E-state index contributed by atoms with van der Waals surface area (Å²) in [5.41, 5.74) is -1.14. The highest BCUT2D eigenvalue weighted by Gasteiger charge is 2.28. The van der Waals surface area contributed by atoms with Crippen molar-refractivity contribution in [2.24, 2.45) is 0 Å². The summed E-state index contributed by atoms with van der Waals surface area (Å²) in [7, 11) is 0. The standard InChI is InChI=1S/C30H36N2O10/c1-6-25(33)39-20-24(19-38-22-13-9-7-10-14-22)41-28(35)31-30(4,5)32-29(36)42-26(17-18-37-27(34)21(2)3)40-23-15-11-8-12-16-23/h6-16,24,26H,1-2,17-20H2,3-5H3,(H,31,35)(H,32,36). The third kappa shape index (κ3) is 13.4. The molecule has 2 aromatic carbocycles. The van der Waals surface area contributed by atoms with E-state index in [9.17, 15) is 19.2 Å². The first-order valence-electron chi connectivity index (χ1n) is 13.0. The van der Waals surface area contributed by atoms with Gasteiger partial charge in [0.1, 0.15) is 30.4 Å². The second-order valence-corrected chi connectivity index (χ2v) is 9.33. The van der Waals surface area contributed by atoms with Gasteiger partial charge in [-0.3, -0.25) is 10.6 Å². The van der Waals surface area contributed by atoms with E-state index in [2.05, 4.69) is 23.8 Å². The zero-order valence-corrected chi connectivity index (χ0v) is 23.8. The van der Waals surface area contributed by atoms with Gasteiger partial charge in [0, 0.05) is 11.6 Å². The Bertz CT molecular complexity index is 1200.